The Morgan fingerprint density at radius 3 is 2.61 bits per heavy atom. The average Bonchev–Trinajstić information content (AvgIpc) is 3.50. The van der Waals surface area contributed by atoms with Crippen molar-refractivity contribution >= 4 is 29.1 Å². The molecule has 36 heavy (non-hydrogen) atoms. The highest BCUT2D eigenvalue weighted by Gasteiger charge is 2.28. The van der Waals surface area contributed by atoms with Crippen molar-refractivity contribution in [2.45, 2.75) is 52.0 Å². The van der Waals surface area contributed by atoms with Gasteiger partial charge in [-0.05, 0) is 51.2 Å². The number of aromatic amines is 1. The van der Waals surface area contributed by atoms with Crippen LogP contribution in [-0.4, -0.2) is 40.8 Å². The molecule has 0 bridgehead atoms. The van der Waals surface area contributed by atoms with Gasteiger partial charge >= 0.3 is 0 Å². The predicted molar refractivity (Wildman–Crippen MR) is 136 cm³/mol. The zero-order valence-electron chi connectivity index (χ0n) is 20.2. The first kappa shape index (κ1) is 23.9. The zero-order valence-corrected chi connectivity index (χ0v) is 21.0. The molecule has 3 N–H and O–H groups in total. The fourth-order valence-corrected chi connectivity index (χ4v) is 4.62. The van der Waals surface area contributed by atoms with E-state index in [1.165, 1.54) is 0 Å². The van der Waals surface area contributed by atoms with E-state index in [2.05, 4.69) is 35.9 Å². The maximum Gasteiger partial charge on any atom is 0.223 e. The third kappa shape index (κ3) is 5.71. The van der Waals surface area contributed by atoms with Crippen LogP contribution in [0, 0.1) is 19.8 Å². The second-order valence-electron chi connectivity index (χ2n) is 9.21. The number of aromatic nitrogens is 7. The number of carbonyl (C=O) groups excluding carboxylic acids is 1. The summed E-state index contributed by atoms with van der Waals surface area (Å²) in [4.78, 5) is 26.6. The van der Waals surface area contributed by atoms with E-state index >= 15 is 0 Å². The molecular formula is C25H28ClN9O. The number of hydrogen-bond acceptors (Lipinski definition) is 7. The Hall–Kier alpha value is -3.79. The number of amides is 1. The van der Waals surface area contributed by atoms with Crippen LogP contribution in [0.25, 0.3) is 5.82 Å². The van der Waals surface area contributed by atoms with Crippen LogP contribution >= 0.6 is 11.6 Å². The van der Waals surface area contributed by atoms with Crippen molar-refractivity contribution in [1.29, 1.82) is 0 Å². The SMILES string of the molecule is Cc1cc(Nc2cc(C)[nH]n2)nc(C2CCC(C(=O)NCc3ccc(-n4cc(Cl)cn4)nc3)CC2)n1. The normalized spacial score (nSPS) is 17.6. The predicted octanol–water partition coefficient (Wildman–Crippen LogP) is 4.38. The van der Waals surface area contributed by atoms with Crippen molar-refractivity contribution in [2.24, 2.45) is 5.92 Å². The summed E-state index contributed by atoms with van der Waals surface area (Å²) >= 11 is 5.92. The second kappa shape index (κ2) is 10.4. The summed E-state index contributed by atoms with van der Waals surface area (Å²) in [5, 5.41) is 18.1. The largest absolute Gasteiger partial charge is 0.352 e. The van der Waals surface area contributed by atoms with Crippen molar-refractivity contribution in [1.82, 2.24) is 40.2 Å². The van der Waals surface area contributed by atoms with E-state index in [4.69, 9.17) is 16.6 Å². The van der Waals surface area contributed by atoms with Crippen LogP contribution < -0.4 is 10.6 Å². The quantitative estimate of drug-likeness (QED) is 0.340. The molecule has 4 aromatic rings. The minimum Gasteiger partial charge on any atom is -0.352 e. The Labute approximate surface area is 213 Å². The van der Waals surface area contributed by atoms with Gasteiger partial charge in [-0.3, -0.25) is 9.89 Å². The number of nitrogens with zero attached hydrogens (tertiary/aromatic N) is 6. The number of H-pyrrole nitrogens is 1. The van der Waals surface area contributed by atoms with Gasteiger partial charge in [0.05, 0.1) is 17.4 Å². The summed E-state index contributed by atoms with van der Waals surface area (Å²) in [6, 6.07) is 7.63. The van der Waals surface area contributed by atoms with E-state index in [0.717, 1.165) is 60.1 Å². The summed E-state index contributed by atoms with van der Waals surface area (Å²) < 4.78 is 1.61. The smallest absolute Gasteiger partial charge is 0.223 e. The number of nitrogens with one attached hydrogen (secondary N) is 3. The first-order valence-corrected chi connectivity index (χ1v) is 12.4. The molecule has 186 valence electrons. The zero-order chi connectivity index (χ0) is 25.1. The van der Waals surface area contributed by atoms with Crippen molar-refractivity contribution < 1.29 is 4.79 Å². The highest BCUT2D eigenvalue weighted by molar-refractivity contribution is 6.30. The number of halogens is 1. The van der Waals surface area contributed by atoms with Crippen LogP contribution in [0.5, 0.6) is 0 Å². The summed E-state index contributed by atoms with van der Waals surface area (Å²) in [6.07, 6.45) is 8.39. The molecule has 0 saturated heterocycles. The Balaban J connectivity index is 1.13. The monoisotopic (exact) mass is 505 g/mol. The van der Waals surface area contributed by atoms with Crippen LogP contribution in [0.4, 0.5) is 11.6 Å². The fraction of sp³-hybridized carbons (Fsp3) is 0.360. The van der Waals surface area contributed by atoms with Gasteiger partial charge in [0.2, 0.25) is 5.91 Å². The van der Waals surface area contributed by atoms with E-state index in [0.29, 0.717) is 17.4 Å². The van der Waals surface area contributed by atoms with Gasteiger partial charge in [0.1, 0.15) is 11.6 Å². The molecule has 11 heteroatoms. The number of pyridine rings is 1. The van der Waals surface area contributed by atoms with Crippen LogP contribution in [0.3, 0.4) is 0 Å². The molecule has 0 aliphatic heterocycles. The number of aryl methyl sites for hydroxylation is 2. The lowest BCUT2D eigenvalue weighted by Gasteiger charge is -2.27. The summed E-state index contributed by atoms with van der Waals surface area (Å²) in [6.45, 7) is 4.36. The van der Waals surface area contributed by atoms with E-state index in [1.807, 2.05) is 38.1 Å². The van der Waals surface area contributed by atoms with E-state index in [9.17, 15) is 4.79 Å². The molecule has 0 atom stereocenters. The second-order valence-corrected chi connectivity index (χ2v) is 9.64. The summed E-state index contributed by atoms with van der Waals surface area (Å²) in [7, 11) is 0. The van der Waals surface area contributed by atoms with Gasteiger partial charge in [0, 0.05) is 48.1 Å². The topological polar surface area (TPSA) is 126 Å². The van der Waals surface area contributed by atoms with Gasteiger partial charge in [-0.1, -0.05) is 17.7 Å². The fourth-order valence-electron chi connectivity index (χ4n) is 4.48. The number of carbonyl (C=O) groups is 1. The Morgan fingerprint density at radius 2 is 1.94 bits per heavy atom. The lowest BCUT2D eigenvalue weighted by atomic mass is 9.81. The van der Waals surface area contributed by atoms with E-state index in [-0.39, 0.29) is 17.7 Å². The van der Waals surface area contributed by atoms with Crippen molar-refractivity contribution in [3.63, 3.8) is 0 Å². The maximum absolute atomic E-state index is 12.8. The van der Waals surface area contributed by atoms with Gasteiger partial charge in [0.15, 0.2) is 11.6 Å². The molecule has 0 aromatic carbocycles. The molecule has 1 aliphatic rings. The molecule has 10 nitrogen and oxygen atoms in total. The molecule has 1 amide bonds. The summed E-state index contributed by atoms with van der Waals surface area (Å²) in [5.41, 5.74) is 2.82. The molecule has 1 fully saturated rings. The minimum absolute atomic E-state index is 0.00543. The van der Waals surface area contributed by atoms with Crippen molar-refractivity contribution in [2.75, 3.05) is 5.32 Å². The number of hydrogen-bond donors (Lipinski definition) is 3. The van der Waals surface area contributed by atoms with Gasteiger partial charge in [-0.25, -0.2) is 19.6 Å². The highest BCUT2D eigenvalue weighted by atomic mass is 35.5. The lowest BCUT2D eigenvalue weighted by molar-refractivity contribution is -0.126. The van der Waals surface area contributed by atoms with Gasteiger partial charge in [0.25, 0.3) is 0 Å². The standard InChI is InChI=1S/C25H28ClN9O/c1-15-9-21(31-22-10-16(2)33-34-22)32-24(30-15)18-4-6-19(7-5-18)25(36)28-12-17-3-8-23(27-11-17)35-14-20(26)13-29-35/h3,8-11,13-14,18-19H,4-7,12H2,1-2H3,(H,28,36)(H2,30,31,32,33,34). The molecule has 5 rings (SSSR count). The Bertz CT molecular complexity index is 1340. The average molecular weight is 506 g/mol. The molecule has 0 spiro atoms. The molecule has 1 aliphatic carbocycles. The lowest BCUT2D eigenvalue weighted by Crippen LogP contribution is -2.32. The third-order valence-electron chi connectivity index (χ3n) is 6.36. The number of anilines is 2. The van der Waals surface area contributed by atoms with Gasteiger partial charge in [-0.2, -0.15) is 10.2 Å². The molecular weight excluding hydrogens is 478 g/mol. The van der Waals surface area contributed by atoms with Crippen molar-refractivity contribution in [3.8, 4) is 5.82 Å². The molecule has 0 radical (unpaired) electrons. The van der Waals surface area contributed by atoms with Crippen LogP contribution in [0.1, 0.15) is 54.4 Å². The summed E-state index contributed by atoms with van der Waals surface area (Å²) in [5.74, 6) is 3.28. The molecule has 0 unspecified atom stereocenters. The van der Waals surface area contributed by atoms with Crippen LogP contribution in [-0.2, 0) is 11.3 Å². The highest BCUT2D eigenvalue weighted by Crippen LogP contribution is 2.35. The molecule has 1 saturated carbocycles. The Morgan fingerprint density at radius 1 is 1.11 bits per heavy atom. The minimum atomic E-state index is -0.00543. The molecule has 4 aromatic heterocycles. The van der Waals surface area contributed by atoms with Gasteiger partial charge < -0.3 is 10.6 Å². The van der Waals surface area contributed by atoms with Gasteiger partial charge in [-0.15, -0.1) is 0 Å². The Kier molecular flexibility index (Phi) is 6.95. The maximum atomic E-state index is 12.8. The first-order valence-electron chi connectivity index (χ1n) is 12.0. The van der Waals surface area contributed by atoms with Crippen LogP contribution in [0.15, 0.2) is 42.9 Å². The van der Waals surface area contributed by atoms with Crippen molar-refractivity contribution in [3.05, 3.63) is 70.7 Å². The first-order chi connectivity index (χ1) is 17.4. The third-order valence-corrected chi connectivity index (χ3v) is 6.55. The van der Waals surface area contributed by atoms with E-state index in [1.54, 1.807) is 23.3 Å². The number of rotatable bonds is 7. The van der Waals surface area contributed by atoms with Crippen LogP contribution in [0.2, 0.25) is 5.02 Å². The molecule has 4 heterocycles. The van der Waals surface area contributed by atoms with E-state index < -0.39 is 0 Å².